The standard InChI is InChI=1S/C16H22FN5O2/c17-13-4-2-12(3-5-13)14-19-15(21-16(23)20-14)18-6-1-7-22-8-10-24-11-9-22/h2-5,14H,1,6-11H2,(H3,18,19,20,21,23). The summed E-state index contributed by atoms with van der Waals surface area (Å²) < 4.78 is 18.3. The van der Waals surface area contributed by atoms with Crippen LogP contribution in [-0.4, -0.2) is 56.3 Å². The van der Waals surface area contributed by atoms with Crippen molar-refractivity contribution in [3.63, 3.8) is 0 Å². The largest absolute Gasteiger partial charge is 0.379 e. The van der Waals surface area contributed by atoms with Crippen molar-refractivity contribution < 1.29 is 13.9 Å². The lowest BCUT2D eigenvalue weighted by atomic mass is 10.1. The number of halogens is 1. The van der Waals surface area contributed by atoms with E-state index >= 15 is 0 Å². The summed E-state index contributed by atoms with van der Waals surface area (Å²) in [5, 5.41) is 8.49. The van der Waals surface area contributed by atoms with Crippen LogP contribution in [-0.2, 0) is 4.74 Å². The first-order valence-corrected chi connectivity index (χ1v) is 8.15. The van der Waals surface area contributed by atoms with Gasteiger partial charge in [0.05, 0.1) is 13.2 Å². The summed E-state index contributed by atoms with van der Waals surface area (Å²) >= 11 is 0. The molecule has 0 aromatic heterocycles. The summed E-state index contributed by atoms with van der Waals surface area (Å²) in [5.41, 5.74) is 0.771. The van der Waals surface area contributed by atoms with E-state index in [1.54, 1.807) is 12.1 Å². The molecule has 8 heteroatoms. The van der Waals surface area contributed by atoms with E-state index in [4.69, 9.17) is 4.74 Å². The van der Waals surface area contributed by atoms with Gasteiger partial charge in [0, 0.05) is 26.2 Å². The topological polar surface area (TPSA) is 78.0 Å². The van der Waals surface area contributed by atoms with Crippen LogP contribution in [0, 0.1) is 5.82 Å². The van der Waals surface area contributed by atoms with E-state index in [1.807, 2.05) is 0 Å². The molecular formula is C16H22FN5O2. The molecule has 0 saturated carbocycles. The molecule has 2 heterocycles. The van der Waals surface area contributed by atoms with Gasteiger partial charge in [-0.3, -0.25) is 15.2 Å². The Morgan fingerprint density at radius 3 is 2.71 bits per heavy atom. The van der Waals surface area contributed by atoms with Crippen LogP contribution in [0.15, 0.2) is 29.3 Å². The number of nitrogens with zero attached hydrogens (tertiary/aromatic N) is 2. The van der Waals surface area contributed by atoms with E-state index < -0.39 is 6.17 Å². The predicted octanol–water partition coefficient (Wildman–Crippen LogP) is 0.805. The van der Waals surface area contributed by atoms with E-state index in [-0.39, 0.29) is 11.8 Å². The van der Waals surface area contributed by atoms with Gasteiger partial charge in [0.1, 0.15) is 12.0 Å². The Bertz CT molecular complexity index is 587. The molecule has 2 fully saturated rings. The first-order valence-electron chi connectivity index (χ1n) is 8.15. The van der Waals surface area contributed by atoms with E-state index in [0.29, 0.717) is 12.5 Å². The van der Waals surface area contributed by atoms with Gasteiger partial charge in [-0.2, -0.15) is 0 Å². The van der Waals surface area contributed by atoms with Crippen molar-refractivity contribution in [2.24, 2.45) is 4.99 Å². The summed E-state index contributed by atoms with van der Waals surface area (Å²) in [6.45, 7) is 5.09. The number of benzene rings is 1. The summed E-state index contributed by atoms with van der Waals surface area (Å²) in [7, 11) is 0. The van der Waals surface area contributed by atoms with Crippen molar-refractivity contribution in [2.45, 2.75) is 12.6 Å². The van der Waals surface area contributed by atoms with E-state index in [9.17, 15) is 9.18 Å². The molecule has 2 amide bonds. The highest BCUT2D eigenvalue weighted by Gasteiger charge is 2.22. The fourth-order valence-electron chi connectivity index (χ4n) is 2.70. The first kappa shape index (κ1) is 16.7. The fourth-order valence-corrected chi connectivity index (χ4v) is 2.70. The third kappa shape index (κ3) is 4.65. The van der Waals surface area contributed by atoms with Gasteiger partial charge in [0.25, 0.3) is 0 Å². The van der Waals surface area contributed by atoms with Crippen LogP contribution in [0.4, 0.5) is 9.18 Å². The molecule has 7 nitrogen and oxygen atoms in total. The quantitative estimate of drug-likeness (QED) is 0.696. The number of rotatable bonds is 5. The molecule has 2 saturated heterocycles. The van der Waals surface area contributed by atoms with E-state index in [2.05, 4.69) is 25.8 Å². The number of urea groups is 1. The minimum atomic E-state index is -0.419. The van der Waals surface area contributed by atoms with Gasteiger partial charge in [0.15, 0.2) is 0 Å². The molecule has 0 radical (unpaired) electrons. The van der Waals surface area contributed by atoms with Crippen LogP contribution in [0.1, 0.15) is 18.2 Å². The zero-order valence-electron chi connectivity index (χ0n) is 13.4. The van der Waals surface area contributed by atoms with E-state index in [0.717, 1.165) is 44.8 Å². The number of hydrogen-bond donors (Lipinski definition) is 3. The van der Waals surface area contributed by atoms with Crippen LogP contribution in [0.3, 0.4) is 0 Å². The maximum Gasteiger partial charge on any atom is 0.323 e. The lowest BCUT2D eigenvalue weighted by Crippen LogP contribution is -2.57. The van der Waals surface area contributed by atoms with Crippen LogP contribution >= 0.6 is 0 Å². The van der Waals surface area contributed by atoms with Crippen LogP contribution in [0.2, 0.25) is 0 Å². The molecule has 24 heavy (non-hydrogen) atoms. The molecule has 2 aliphatic heterocycles. The maximum atomic E-state index is 13.0. The summed E-state index contributed by atoms with van der Waals surface area (Å²) in [4.78, 5) is 18.5. The molecular weight excluding hydrogens is 313 g/mol. The molecule has 1 unspecified atom stereocenters. The number of hydrogen-bond acceptors (Lipinski definition) is 4. The van der Waals surface area contributed by atoms with Gasteiger partial charge in [-0.1, -0.05) is 12.1 Å². The Kier molecular flexibility index (Phi) is 5.60. The second-order valence-electron chi connectivity index (χ2n) is 5.77. The molecule has 1 aromatic rings. The highest BCUT2D eigenvalue weighted by molar-refractivity contribution is 5.98. The summed E-state index contributed by atoms with van der Waals surface area (Å²) in [5.74, 6) is 0.131. The van der Waals surface area contributed by atoms with Crippen molar-refractivity contribution in [3.8, 4) is 0 Å². The van der Waals surface area contributed by atoms with Crippen molar-refractivity contribution in [1.82, 2.24) is 20.9 Å². The molecule has 0 bridgehead atoms. The molecule has 2 aliphatic rings. The third-order valence-electron chi connectivity index (χ3n) is 4.00. The minimum absolute atomic E-state index is 0.309. The van der Waals surface area contributed by atoms with Crippen molar-refractivity contribution >= 4 is 12.0 Å². The zero-order chi connectivity index (χ0) is 16.8. The Labute approximate surface area is 140 Å². The summed E-state index contributed by atoms with van der Waals surface area (Å²) in [6, 6.07) is 5.67. The maximum absolute atomic E-state index is 13.0. The van der Waals surface area contributed by atoms with E-state index in [1.165, 1.54) is 12.1 Å². The van der Waals surface area contributed by atoms with Gasteiger partial charge in [0.2, 0.25) is 5.96 Å². The number of morpholine rings is 1. The van der Waals surface area contributed by atoms with Gasteiger partial charge >= 0.3 is 6.03 Å². The number of ether oxygens (including phenoxy) is 1. The van der Waals surface area contributed by atoms with Crippen molar-refractivity contribution in [1.29, 1.82) is 0 Å². The molecule has 1 atom stereocenters. The SMILES string of the molecule is O=C1NC(=NCCCN2CCOCC2)NC(c2ccc(F)cc2)N1. The summed E-state index contributed by atoms with van der Waals surface area (Å²) in [6.07, 6.45) is 0.493. The molecule has 130 valence electrons. The molecule has 1 aromatic carbocycles. The monoisotopic (exact) mass is 335 g/mol. The Morgan fingerprint density at radius 2 is 1.96 bits per heavy atom. The Balaban J connectivity index is 1.51. The first-order chi connectivity index (χ1) is 11.7. The highest BCUT2D eigenvalue weighted by atomic mass is 19.1. The molecule has 3 rings (SSSR count). The lowest BCUT2D eigenvalue weighted by Gasteiger charge is -2.28. The molecule has 3 N–H and O–H groups in total. The van der Waals surface area contributed by atoms with Gasteiger partial charge in [-0.25, -0.2) is 9.18 Å². The van der Waals surface area contributed by atoms with Gasteiger partial charge in [-0.05, 0) is 24.1 Å². The second-order valence-corrected chi connectivity index (χ2v) is 5.77. The Morgan fingerprint density at radius 1 is 1.21 bits per heavy atom. The number of carbonyl (C=O) groups excluding carboxylic acids is 1. The number of aliphatic imine (C=N–C) groups is 1. The zero-order valence-corrected chi connectivity index (χ0v) is 13.4. The number of guanidine groups is 1. The average molecular weight is 335 g/mol. The highest BCUT2D eigenvalue weighted by Crippen LogP contribution is 2.12. The van der Waals surface area contributed by atoms with Crippen molar-refractivity contribution in [3.05, 3.63) is 35.6 Å². The second kappa shape index (κ2) is 8.07. The number of nitrogens with one attached hydrogen (secondary N) is 3. The minimum Gasteiger partial charge on any atom is -0.379 e. The Hall–Kier alpha value is -2.19. The predicted molar refractivity (Wildman–Crippen MR) is 88.1 cm³/mol. The van der Waals surface area contributed by atoms with Gasteiger partial charge in [-0.15, -0.1) is 0 Å². The smallest absolute Gasteiger partial charge is 0.323 e. The number of amides is 2. The third-order valence-corrected chi connectivity index (χ3v) is 4.00. The lowest BCUT2D eigenvalue weighted by molar-refractivity contribution is 0.0377. The fraction of sp³-hybridized carbons (Fsp3) is 0.500. The van der Waals surface area contributed by atoms with Crippen LogP contribution in [0.25, 0.3) is 0 Å². The number of carbonyl (C=O) groups is 1. The van der Waals surface area contributed by atoms with Crippen LogP contribution < -0.4 is 16.0 Å². The normalized spacial score (nSPS) is 23.5. The molecule has 0 spiro atoms. The molecule has 0 aliphatic carbocycles. The van der Waals surface area contributed by atoms with Crippen molar-refractivity contribution in [2.75, 3.05) is 39.4 Å². The van der Waals surface area contributed by atoms with Crippen LogP contribution in [0.5, 0.6) is 0 Å². The average Bonchev–Trinajstić information content (AvgIpc) is 2.60. The van der Waals surface area contributed by atoms with Gasteiger partial charge < -0.3 is 15.4 Å².